The third-order valence-corrected chi connectivity index (χ3v) is 2.41. The molecular weight excluding hydrogens is 198 g/mol. The van der Waals surface area contributed by atoms with Crippen LogP contribution in [-0.2, 0) is 10.6 Å². The largest absolute Gasteiger partial charge is 0.382 e. The summed E-state index contributed by atoms with van der Waals surface area (Å²) >= 11 is 5.69. The van der Waals surface area contributed by atoms with Crippen molar-refractivity contribution in [1.29, 1.82) is 0 Å². The van der Waals surface area contributed by atoms with Gasteiger partial charge in [-0.15, -0.1) is 11.6 Å². The number of nitrogens with one attached hydrogen (secondary N) is 1. The predicted molar refractivity (Wildman–Crippen MR) is 61.0 cm³/mol. The summed E-state index contributed by atoms with van der Waals surface area (Å²) in [6.45, 7) is 2.84. The van der Waals surface area contributed by atoms with Gasteiger partial charge in [0.2, 0.25) is 0 Å². The van der Waals surface area contributed by atoms with E-state index >= 15 is 0 Å². The second-order valence-corrected chi connectivity index (χ2v) is 3.53. The minimum absolute atomic E-state index is 0.225. The van der Waals surface area contributed by atoms with E-state index < -0.39 is 0 Å². The van der Waals surface area contributed by atoms with Crippen LogP contribution in [0.15, 0.2) is 24.3 Å². The van der Waals surface area contributed by atoms with E-state index in [2.05, 4.69) is 5.32 Å². The summed E-state index contributed by atoms with van der Waals surface area (Å²) in [6, 6.07) is 8.10. The van der Waals surface area contributed by atoms with Gasteiger partial charge in [-0.1, -0.05) is 12.1 Å². The highest BCUT2D eigenvalue weighted by atomic mass is 35.5. The van der Waals surface area contributed by atoms with E-state index in [4.69, 9.17) is 16.3 Å². The van der Waals surface area contributed by atoms with Crippen molar-refractivity contribution in [3.63, 3.8) is 0 Å². The van der Waals surface area contributed by atoms with Crippen molar-refractivity contribution >= 4 is 17.3 Å². The van der Waals surface area contributed by atoms with Crippen LogP contribution in [0.25, 0.3) is 0 Å². The number of anilines is 1. The molecule has 14 heavy (non-hydrogen) atoms. The molecule has 1 atom stereocenters. The maximum Gasteiger partial charge on any atom is 0.0715 e. The number of methoxy groups -OCH3 is 1. The second kappa shape index (κ2) is 5.89. The van der Waals surface area contributed by atoms with Gasteiger partial charge in [0.05, 0.1) is 6.10 Å². The Morgan fingerprint density at radius 2 is 2.00 bits per heavy atom. The first-order valence-corrected chi connectivity index (χ1v) is 5.21. The standard InChI is InChI=1S/C11H16ClNO/c1-9(14-2)8-13-11-5-3-10(7-12)4-6-11/h3-6,9,13H,7-8H2,1-2H3. The van der Waals surface area contributed by atoms with Crippen LogP contribution in [0.5, 0.6) is 0 Å². The smallest absolute Gasteiger partial charge is 0.0715 e. The number of benzene rings is 1. The summed E-state index contributed by atoms with van der Waals surface area (Å²) < 4.78 is 5.13. The van der Waals surface area contributed by atoms with Crippen molar-refractivity contribution in [2.24, 2.45) is 0 Å². The number of hydrogen-bond donors (Lipinski definition) is 1. The molecule has 0 aromatic heterocycles. The summed E-state index contributed by atoms with van der Waals surface area (Å²) in [6.07, 6.45) is 0.225. The zero-order chi connectivity index (χ0) is 10.4. The molecule has 2 nitrogen and oxygen atoms in total. The molecule has 0 aliphatic heterocycles. The zero-order valence-corrected chi connectivity index (χ0v) is 9.34. The Morgan fingerprint density at radius 3 is 2.50 bits per heavy atom. The van der Waals surface area contributed by atoms with Gasteiger partial charge in [-0.05, 0) is 24.6 Å². The Bertz CT molecular complexity index is 260. The lowest BCUT2D eigenvalue weighted by Gasteiger charge is -2.11. The molecule has 0 spiro atoms. The Morgan fingerprint density at radius 1 is 1.36 bits per heavy atom. The topological polar surface area (TPSA) is 21.3 Å². The van der Waals surface area contributed by atoms with Gasteiger partial charge in [-0.25, -0.2) is 0 Å². The van der Waals surface area contributed by atoms with Gasteiger partial charge < -0.3 is 10.1 Å². The molecule has 0 fully saturated rings. The van der Waals surface area contributed by atoms with E-state index in [1.54, 1.807) is 7.11 Å². The molecule has 3 heteroatoms. The van der Waals surface area contributed by atoms with Gasteiger partial charge in [0.1, 0.15) is 0 Å². The third-order valence-electron chi connectivity index (χ3n) is 2.10. The lowest BCUT2D eigenvalue weighted by atomic mass is 10.2. The van der Waals surface area contributed by atoms with Crippen LogP contribution in [0.2, 0.25) is 0 Å². The maximum atomic E-state index is 5.69. The Balaban J connectivity index is 2.43. The number of ether oxygens (including phenoxy) is 1. The monoisotopic (exact) mass is 213 g/mol. The van der Waals surface area contributed by atoms with Crippen LogP contribution in [0.3, 0.4) is 0 Å². The van der Waals surface area contributed by atoms with E-state index in [1.165, 1.54) is 0 Å². The van der Waals surface area contributed by atoms with E-state index in [1.807, 2.05) is 31.2 Å². The molecule has 0 aliphatic carbocycles. The van der Waals surface area contributed by atoms with Crippen molar-refractivity contribution in [3.8, 4) is 0 Å². The first-order chi connectivity index (χ1) is 6.76. The van der Waals surface area contributed by atoms with Crippen LogP contribution in [0, 0.1) is 0 Å². The molecule has 0 radical (unpaired) electrons. The van der Waals surface area contributed by atoms with Crippen molar-refractivity contribution in [1.82, 2.24) is 0 Å². The van der Waals surface area contributed by atoms with Gasteiger partial charge >= 0.3 is 0 Å². The van der Waals surface area contributed by atoms with Crippen LogP contribution < -0.4 is 5.32 Å². The minimum Gasteiger partial charge on any atom is -0.382 e. The van der Waals surface area contributed by atoms with Gasteiger partial charge in [0.25, 0.3) is 0 Å². The van der Waals surface area contributed by atoms with E-state index in [0.29, 0.717) is 5.88 Å². The first kappa shape index (κ1) is 11.3. The molecule has 0 saturated carbocycles. The SMILES string of the molecule is COC(C)CNc1ccc(CCl)cc1. The van der Waals surface area contributed by atoms with Gasteiger partial charge in [0.15, 0.2) is 0 Å². The van der Waals surface area contributed by atoms with Crippen LogP contribution >= 0.6 is 11.6 Å². The lowest BCUT2D eigenvalue weighted by molar-refractivity contribution is 0.129. The maximum absolute atomic E-state index is 5.69. The average molecular weight is 214 g/mol. The molecular formula is C11H16ClNO. The van der Waals surface area contributed by atoms with Gasteiger partial charge in [0, 0.05) is 25.2 Å². The quantitative estimate of drug-likeness (QED) is 0.760. The highest BCUT2D eigenvalue weighted by molar-refractivity contribution is 6.17. The summed E-state index contributed by atoms with van der Waals surface area (Å²) in [7, 11) is 1.71. The fourth-order valence-electron chi connectivity index (χ4n) is 1.06. The van der Waals surface area contributed by atoms with Gasteiger partial charge in [-0.2, -0.15) is 0 Å². The summed E-state index contributed by atoms with van der Waals surface area (Å²) in [5.74, 6) is 0.564. The van der Waals surface area contributed by atoms with E-state index in [0.717, 1.165) is 17.8 Å². The lowest BCUT2D eigenvalue weighted by Crippen LogP contribution is -2.17. The molecule has 78 valence electrons. The van der Waals surface area contributed by atoms with Crippen LogP contribution in [0.1, 0.15) is 12.5 Å². The molecule has 1 rings (SSSR count). The molecule has 1 unspecified atom stereocenters. The minimum atomic E-state index is 0.225. The summed E-state index contributed by atoms with van der Waals surface area (Å²) in [5.41, 5.74) is 2.24. The fourth-order valence-corrected chi connectivity index (χ4v) is 1.23. The highest BCUT2D eigenvalue weighted by Gasteiger charge is 1.98. The number of rotatable bonds is 5. The Hall–Kier alpha value is -0.730. The van der Waals surface area contributed by atoms with Crippen molar-refractivity contribution in [2.45, 2.75) is 18.9 Å². The van der Waals surface area contributed by atoms with Crippen molar-refractivity contribution < 1.29 is 4.74 Å². The number of alkyl halides is 1. The predicted octanol–water partition coefficient (Wildman–Crippen LogP) is 2.87. The van der Waals surface area contributed by atoms with Crippen molar-refractivity contribution in [3.05, 3.63) is 29.8 Å². The van der Waals surface area contributed by atoms with Crippen LogP contribution in [0.4, 0.5) is 5.69 Å². The fraction of sp³-hybridized carbons (Fsp3) is 0.455. The average Bonchev–Trinajstić information content (AvgIpc) is 2.26. The molecule has 1 aromatic carbocycles. The third kappa shape index (κ3) is 3.56. The van der Waals surface area contributed by atoms with E-state index in [9.17, 15) is 0 Å². The normalized spacial score (nSPS) is 12.5. The first-order valence-electron chi connectivity index (χ1n) is 4.68. The second-order valence-electron chi connectivity index (χ2n) is 3.26. The summed E-state index contributed by atoms with van der Waals surface area (Å²) in [4.78, 5) is 0. The molecule has 1 aromatic rings. The van der Waals surface area contributed by atoms with E-state index in [-0.39, 0.29) is 6.10 Å². The number of hydrogen-bond acceptors (Lipinski definition) is 2. The molecule has 0 heterocycles. The summed E-state index contributed by atoms with van der Waals surface area (Å²) in [5, 5.41) is 3.28. The zero-order valence-electron chi connectivity index (χ0n) is 8.59. The van der Waals surface area contributed by atoms with Gasteiger partial charge in [-0.3, -0.25) is 0 Å². The van der Waals surface area contributed by atoms with Crippen LogP contribution in [-0.4, -0.2) is 19.8 Å². The Kier molecular flexibility index (Phi) is 4.77. The molecule has 1 N–H and O–H groups in total. The highest BCUT2D eigenvalue weighted by Crippen LogP contribution is 2.11. The molecule has 0 saturated heterocycles. The molecule has 0 amide bonds. The molecule has 0 aliphatic rings. The Labute approximate surface area is 90.2 Å². The molecule has 0 bridgehead atoms. The number of halogens is 1. The van der Waals surface area contributed by atoms with Crippen molar-refractivity contribution in [2.75, 3.05) is 19.0 Å².